The molecule has 16 heavy (non-hydrogen) atoms. The number of rotatable bonds is 4. The zero-order valence-corrected chi connectivity index (χ0v) is 9.55. The fraction of sp³-hybridized carbons (Fsp3) is 0.417. The lowest BCUT2D eigenvalue weighted by molar-refractivity contribution is 0.0710. The van der Waals surface area contributed by atoms with Gasteiger partial charge < -0.3 is 4.90 Å². The summed E-state index contributed by atoms with van der Waals surface area (Å²) in [5.74, 6) is -0.0485. The van der Waals surface area contributed by atoms with E-state index in [4.69, 9.17) is 5.26 Å². The minimum atomic E-state index is -0.0485. The van der Waals surface area contributed by atoms with Gasteiger partial charge in [-0.15, -0.1) is 0 Å². The molecule has 0 N–H and O–H groups in total. The van der Waals surface area contributed by atoms with Gasteiger partial charge in [0.25, 0.3) is 5.91 Å². The Morgan fingerprint density at radius 1 is 1.50 bits per heavy atom. The van der Waals surface area contributed by atoms with Gasteiger partial charge >= 0.3 is 0 Å². The first kappa shape index (κ1) is 12.2. The van der Waals surface area contributed by atoms with Crippen molar-refractivity contribution >= 4 is 5.91 Å². The van der Waals surface area contributed by atoms with E-state index in [-0.39, 0.29) is 11.9 Å². The number of nitrogens with zero attached hydrogens (tertiary/aromatic N) is 3. The Kier molecular flexibility index (Phi) is 4.46. The highest BCUT2D eigenvalue weighted by Gasteiger charge is 2.17. The van der Waals surface area contributed by atoms with E-state index in [1.807, 2.05) is 13.8 Å². The van der Waals surface area contributed by atoms with E-state index in [2.05, 4.69) is 11.1 Å². The number of carbonyl (C=O) groups excluding carboxylic acids is 1. The summed E-state index contributed by atoms with van der Waals surface area (Å²) < 4.78 is 0. The van der Waals surface area contributed by atoms with Gasteiger partial charge in [-0.2, -0.15) is 5.26 Å². The monoisotopic (exact) mass is 217 g/mol. The molecule has 1 rings (SSSR count). The van der Waals surface area contributed by atoms with Gasteiger partial charge in [-0.3, -0.25) is 9.78 Å². The van der Waals surface area contributed by atoms with Crippen LogP contribution in [0, 0.1) is 11.3 Å². The summed E-state index contributed by atoms with van der Waals surface area (Å²) in [6, 6.07) is 5.51. The summed E-state index contributed by atoms with van der Waals surface area (Å²) >= 11 is 0. The van der Waals surface area contributed by atoms with Crippen LogP contribution in [0.25, 0.3) is 0 Å². The Hall–Kier alpha value is -1.89. The van der Waals surface area contributed by atoms with Crippen LogP contribution in [0.2, 0.25) is 0 Å². The van der Waals surface area contributed by atoms with Gasteiger partial charge in [-0.05, 0) is 26.0 Å². The average molecular weight is 217 g/mol. The number of carbonyl (C=O) groups is 1. The number of aromatic nitrogens is 1. The second-order valence-corrected chi connectivity index (χ2v) is 3.74. The predicted octanol–water partition coefficient (Wildman–Crippen LogP) is 1.85. The molecule has 0 atom stereocenters. The third-order valence-corrected chi connectivity index (χ3v) is 2.28. The molecule has 0 aromatic carbocycles. The van der Waals surface area contributed by atoms with E-state index in [1.54, 1.807) is 29.4 Å². The molecule has 0 radical (unpaired) electrons. The molecule has 0 aliphatic rings. The third-order valence-electron chi connectivity index (χ3n) is 2.28. The molecule has 0 aliphatic heterocycles. The number of hydrogen-bond donors (Lipinski definition) is 0. The maximum Gasteiger partial charge on any atom is 0.254 e. The van der Waals surface area contributed by atoms with Crippen molar-refractivity contribution in [2.45, 2.75) is 26.3 Å². The van der Waals surface area contributed by atoms with Crippen molar-refractivity contribution < 1.29 is 4.79 Å². The van der Waals surface area contributed by atoms with Crippen molar-refractivity contribution in [3.63, 3.8) is 0 Å². The number of nitriles is 1. The lowest BCUT2D eigenvalue weighted by Crippen LogP contribution is -2.37. The van der Waals surface area contributed by atoms with Crippen LogP contribution in [0.1, 0.15) is 30.6 Å². The van der Waals surface area contributed by atoms with Gasteiger partial charge in [0.1, 0.15) is 0 Å². The first-order valence-electron chi connectivity index (χ1n) is 5.24. The van der Waals surface area contributed by atoms with Gasteiger partial charge in [-0.1, -0.05) is 0 Å². The van der Waals surface area contributed by atoms with Crippen LogP contribution >= 0.6 is 0 Å². The Bertz CT molecular complexity index is 381. The lowest BCUT2D eigenvalue weighted by atomic mass is 10.2. The summed E-state index contributed by atoms with van der Waals surface area (Å²) in [7, 11) is 0. The smallest absolute Gasteiger partial charge is 0.254 e. The molecule has 84 valence electrons. The Morgan fingerprint density at radius 3 is 2.62 bits per heavy atom. The Balaban J connectivity index is 2.80. The zero-order valence-electron chi connectivity index (χ0n) is 9.55. The first-order valence-corrected chi connectivity index (χ1v) is 5.24. The maximum absolute atomic E-state index is 12.1. The fourth-order valence-electron chi connectivity index (χ4n) is 1.43. The Labute approximate surface area is 95.5 Å². The summed E-state index contributed by atoms with van der Waals surface area (Å²) in [6.07, 6.45) is 3.54. The minimum absolute atomic E-state index is 0.0485. The molecule has 4 nitrogen and oxygen atoms in total. The van der Waals surface area contributed by atoms with E-state index >= 15 is 0 Å². The number of hydrogen-bond acceptors (Lipinski definition) is 3. The van der Waals surface area contributed by atoms with Crippen LogP contribution in [0.15, 0.2) is 24.5 Å². The molecule has 1 aromatic rings. The topological polar surface area (TPSA) is 57.0 Å². The first-order chi connectivity index (χ1) is 7.66. The van der Waals surface area contributed by atoms with E-state index in [9.17, 15) is 4.79 Å². The van der Waals surface area contributed by atoms with Gasteiger partial charge in [0.15, 0.2) is 0 Å². The van der Waals surface area contributed by atoms with Crippen LogP contribution in [-0.4, -0.2) is 28.4 Å². The van der Waals surface area contributed by atoms with Crippen LogP contribution in [0.3, 0.4) is 0 Å². The number of amides is 1. The molecule has 1 heterocycles. The van der Waals surface area contributed by atoms with Crippen molar-refractivity contribution in [3.8, 4) is 6.07 Å². The van der Waals surface area contributed by atoms with E-state index in [0.29, 0.717) is 18.5 Å². The Morgan fingerprint density at radius 2 is 2.12 bits per heavy atom. The highest BCUT2D eigenvalue weighted by atomic mass is 16.2. The maximum atomic E-state index is 12.1. The fourth-order valence-corrected chi connectivity index (χ4v) is 1.43. The van der Waals surface area contributed by atoms with Crippen LogP contribution < -0.4 is 0 Å². The SMILES string of the molecule is CC(C)N(CCC#N)C(=O)c1ccncc1. The van der Waals surface area contributed by atoms with Crippen molar-refractivity contribution in [3.05, 3.63) is 30.1 Å². The van der Waals surface area contributed by atoms with Crippen molar-refractivity contribution in [1.29, 1.82) is 5.26 Å². The summed E-state index contributed by atoms with van der Waals surface area (Å²) in [6.45, 7) is 4.35. The molecule has 0 saturated carbocycles. The second kappa shape index (κ2) is 5.86. The van der Waals surface area contributed by atoms with Crippen molar-refractivity contribution in [2.75, 3.05) is 6.54 Å². The highest BCUT2D eigenvalue weighted by molar-refractivity contribution is 5.94. The molecule has 0 aliphatic carbocycles. The summed E-state index contributed by atoms with van der Waals surface area (Å²) in [5.41, 5.74) is 0.613. The second-order valence-electron chi connectivity index (χ2n) is 3.74. The molecule has 1 aromatic heterocycles. The molecule has 0 unspecified atom stereocenters. The standard InChI is InChI=1S/C12H15N3O/c1-10(2)15(9-3-6-13)12(16)11-4-7-14-8-5-11/h4-5,7-8,10H,3,9H2,1-2H3. The largest absolute Gasteiger partial charge is 0.335 e. The van der Waals surface area contributed by atoms with Crippen molar-refractivity contribution in [1.82, 2.24) is 9.88 Å². The normalized spacial score (nSPS) is 9.88. The molecule has 0 saturated heterocycles. The van der Waals surface area contributed by atoms with Crippen LogP contribution in [0.5, 0.6) is 0 Å². The molecular weight excluding hydrogens is 202 g/mol. The van der Waals surface area contributed by atoms with Crippen LogP contribution in [-0.2, 0) is 0 Å². The summed E-state index contributed by atoms with van der Waals surface area (Å²) in [4.78, 5) is 17.6. The summed E-state index contributed by atoms with van der Waals surface area (Å²) in [5, 5.41) is 8.55. The number of pyridine rings is 1. The zero-order chi connectivity index (χ0) is 12.0. The predicted molar refractivity (Wildman–Crippen MR) is 60.6 cm³/mol. The molecule has 4 heteroatoms. The highest BCUT2D eigenvalue weighted by Crippen LogP contribution is 2.08. The van der Waals surface area contributed by atoms with Gasteiger partial charge in [0.2, 0.25) is 0 Å². The molecule has 1 amide bonds. The quantitative estimate of drug-likeness (QED) is 0.773. The average Bonchev–Trinajstić information content (AvgIpc) is 2.30. The van der Waals surface area contributed by atoms with Crippen LogP contribution in [0.4, 0.5) is 0 Å². The molecule has 0 fully saturated rings. The molecular formula is C12H15N3O. The molecule has 0 spiro atoms. The van der Waals surface area contributed by atoms with Gasteiger partial charge in [0, 0.05) is 30.5 Å². The third kappa shape index (κ3) is 3.06. The lowest BCUT2D eigenvalue weighted by Gasteiger charge is -2.25. The van der Waals surface area contributed by atoms with Crippen molar-refractivity contribution in [2.24, 2.45) is 0 Å². The van der Waals surface area contributed by atoms with E-state index in [1.165, 1.54) is 0 Å². The van der Waals surface area contributed by atoms with Gasteiger partial charge in [0.05, 0.1) is 12.5 Å². The van der Waals surface area contributed by atoms with Gasteiger partial charge in [-0.25, -0.2) is 0 Å². The van der Waals surface area contributed by atoms with E-state index in [0.717, 1.165) is 0 Å². The minimum Gasteiger partial charge on any atom is -0.335 e. The van der Waals surface area contributed by atoms with E-state index < -0.39 is 0 Å². The molecule has 0 bridgehead atoms.